The van der Waals surface area contributed by atoms with Gasteiger partial charge in [-0.3, -0.25) is 4.68 Å². The fraction of sp³-hybridized carbons (Fsp3) is 0.148. The van der Waals surface area contributed by atoms with Gasteiger partial charge in [0, 0.05) is 35.1 Å². The molecule has 0 aliphatic rings. The Bertz CT molecular complexity index is 1460. The van der Waals surface area contributed by atoms with Crippen molar-refractivity contribution in [3.63, 3.8) is 0 Å². The highest BCUT2D eigenvalue weighted by atomic mass is 16.5. The Hall–Kier alpha value is -4.79. The van der Waals surface area contributed by atoms with E-state index in [9.17, 15) is 0 Å². The minimum Gasteiger partial charge on any atom is -0.493 e. The topological polar surface area (TPSA) is 95.4 Å². The monoisotopic (exact) mass is 482 g/mol. The molecule has 2 aromatic heterocycles. The van der Waals surface area contributed by atoms with Gasteiger partial charge in [0.25, 0.3) is 0 Å². The second kappa shape index (κ2) is 10.2. The van der Waals surface area contributed by atoms with Crippen molar-refractivity contribution in [1.29, 1.82) is 0 Å². The van der Waals surface area contributed by atoms with Crippen LogP contribution in [0.25, 0.3) is 10.9 Å². The number of nitrogens with one attached hydrogen (secondary N) is 2. The summed E-state index contributed by atoms with van der Waals surface area (Å²) in [5, 5.41) is 12.1. The molecule has 5 aromatic rings. The lowest BCUT2D eigenvalue weighted by Crippen LogP contribution is -2.02. The number of rotatable bonds is 9. The molecule has 0 saturated carbocycles. The third kappa shape index (κ3) is 4.85. The maximum atomic E-state index is 5.43. The average Bonchev–Trinajstić information content (AvgIpc) is 3.30. The fourth-order valence-electron chi connectivity index (χ4n) is 3.97. The van der Waals surface area contributed by atoms with Crippen LogP contribution in [0, 0.1) is 0 Å². The molecule has 182 valence electrons. The lowest BCUT2D eigenvalue weighted by Gasteiger charge is -2.15. The van der Waals surface area contributed by atoms with Crippen LogP contribution in [0.5, 0.6) is 17.2 Å². The van der Waals surface area contributed by atoms with E-state index in [4.69, 9.17) is 14.2 Å². The summed E-state index contributed by atoms with van der Waals surface area (Å²) in [6.07, 6.45) is 3.55. The van der Waals surface area contributed by atoms with Gasteiger partial charge in [0.15, 0.2) is 11.5 Å². The lowest BCUT2D eigenvalue weighted by molar-refractivity contribution is 0.324. The van der Waals surface area contributed by atoms with Crippen LogP contribution in [0.15, 0.2) is 79.1 Å². The van der Waals surface area contributed by atoms with Crippen molar-refractivity contribution in [2.75, 3.05) is 32.0 Å². The number of fused-ring (bicyclic) bond motifs is 1. The highest BCUT2D eigenvalue weighted by molar-refractivity contribution is 5.83. The Morgan fingerprint density at radius 2 is 1.58 bits per heavy atom. The van der Waals surface area contributed by atoms with Crippen LogP contribution in [0.4, 0.5) is 23.1 Å². The number of benzene rings is 3. The highest BCUT2D eigenvalue weighted by Gasteiger charge is 2.14. The Morgan fingerprint density at radius 1 is 0.806 bits per heavy atom. The molecule has 0 bridgehead atoms. The van der Waals surface area contributed by atoms with E-state index in [1.165, 1.54) is 5.56 Å². The zero-order valence-corrected chi connectivity index (χ0v) is 20.2. The van der Waals surface area contributed by atoms with Gasteiger partial charge in [-0.15, -0.1) is 0 Å². The van der Waals surface area contributed by atoms with Crippen molar-refractivity contribution >= 4 is 34.0 Å². The maximum absolute atomic E-state index is 5.43. The molecule has 0 unspecified atom stereocenters. The first-order valence-electron chi connectivity index (χ1n) is 11.3. The van der Waals surface area contributed by atoms with Crippen LogP contribution in [0.2, 0.25) is 0 Å². The minimum absolute atomic E-state index is 0.462. The lowest BCUT2D eigenvalue weighted by atomic mass is 10.2. The van der Waals surface area contributed by atoms with Gasteiger partial charge in [-0.05, 0) is 29.8 Å². The van der Waals surface area contributed by atoms with Crippen molar-refractivity contribution in [3.8, 4) is 17.2 Å². The largest absolute Gasteiger partial charge is 0.493 e. The van der Waals surface area contributed by atoms with Crippen molar-refractivity contribution in [1.82, 2.24) is 19.7 Å². The first-order chi connectivity index (χ1) is 17.7. The van der Waals surface area contributed by atoms with Crippen LogP contribution >= 0.6 is 0 Å². The van der Waals surface area contributed by atoms with E-state index in [1.807, 2.05) is 59.4 Å². The first kappa shape index (κ1) is 23.0. The number of hydrogen-bond acceptors (Lipinski definition) is 8. The first-order valence-corrected chi connectivity index (χ1v) is 11.3. The van der Waals surface area contributed by atoms with Gasteiger partial charge in [0.05, 0.1) is 39.6 Å². The molecular weight excluding hydrogens is 456 g/mol. The molecule has 3 aromatic carbocycles. The summed E-state index contributed by atoms with van der Waals surface area (Å²) in [4.78, 5) is 8.95. The molecule has 2 N–H and O–H groups in total. The van der Waals surface area contributed by atoms with Gasteiger partial charge in [-0.25, -0.2) is 4.98 Å². The summed E-state index contributed by atoms with van der Waals surface area (Å²) in [6, 6.07) is 21.8. The predicted molar refractivity (Wildman–Crippen MR) is 140 cm³/mol. The molecule has 0 atom stereocenters. The second-order valence-corrected chi connectivity index (χ2v) is 7.99. The zero-order valence-electron chi connectivity index (χ0n) is 20.2. The van der Waals surface area contributed by atoms with Crippen molar-refractivity contribution in [3.05, 3.63) is 84.7 Å². The van der Waals surface area contributed by atoms with Crippen LogP contribution in [-0.2, 0) is 6.54 Å². The standard InChI is InChI=1S/C27H26N6O3/c1-34-23-14-21(15-24(35-2)26(23)36-3)30-25-11-12-28-27(32-25)31-20-9-10-22-19(13-20)16-29-33(22)17-18-7-5-4-6-8-18/h4-16H,17H2,1-3H3,(H2,28,30,31,32). The van der Waals surface area contributed by atoms with Crippen molar-refractivity contribution in [2.45, 2.75) is 6.54 Å². The average molecular weight is 483 g/mol. The second-order valence-electron chi connectivity index (χ2n) is 7.99. The maximum Gasteiger partial charge on any atom is 0.229 e. The smallest absolute Gasteiger partial charge is 0.229 e. The molecule has 9 heteroatoms. The van der Waals surface area contributed by atoms with Gasteiger partial charge >= 0.3 is 0 Å². The fourth-order valence-corrected chi connectivity index (χ4v) is 3.97. The van der Waals surface area contributed by atoms with Crippen LogP contribution < -0.4 is 24.8 Å². The third-order valence-electron chi connectivity index (χ3n) is 5.67. The number of anilines is 4. The van der Waals surface area contributed by atoms with E-state index < -0.39 is 0 Å². The summed E-state index contributed by atoms with van der Waals surface area (Å²) in [5.41, 5.74) is 3.87. The van der Waals surface area contributed by atoms with E-state index in [0.717, 1.165) is 28.8 Å². The molecule has 36 heavy (non-hydrogen) atoms. The van der Waals surface area contributed by atoms with Gasteiger partial charge in [0.2, 0.25) is 11.7 Å². The number of aromatic nitrogens is 4. The van der Waals surface area contributed by atoms with Gasteiger partial charge in [-0.2, -0.15) is 10.1 Å². The molecule has 0 radical (unpaired) electrons. The number of methoxy groups -OCH3 is 3. The van der Waals surface area contributed by atoms with Gasteiger partial charge in [0.1, 0.15) is 5.82 Å². The molecule has 0 spiro atoms. The van der Waals surface area contributed by atoms with Crippen molar-refractivity contribution < 1.29 is 14.2 Å². The molecule has 0 fully saturated rings. The Kier molecular flexibility index (Phi) is 6.53. The SMILES string of the molecule is COc1cc(Nc2ccnc(Nc3ccc4c(cnn4Cc4ccccc4)c3)n2)cc(OC)c1OC. The van der Waals surface area contributed by atoms with Gasteiger partial charge in [-0.1, -0.05) is 30.3 Å². The number of hydrogen-bond donors (Lipinski definition) is 2. The predicted octanol–water partition coefficient (Wildman–Crippen LogP) is 5.39. The van der Waals surface area contributed by atoms with E-state index in [-0.39, 0.29) is 0 Å². The Balaban J connectivity index is 1.33. The summed E-state index contributed by atoms with van der Waals surface area (Å²) in [7, 11) is 4.73. The van der Waals surface area contributed by atoms with E-state index in [1.54, 1.807) is 33.6 Å². The van der Waals surface area contributed by atoms with E-state index >= 15 is 0 Å². The third-order valence-corrected chi connectivity index (χ3v) is 5.67. The normalized spacial score (nSPS) is 10.8. The van der Waals surface area contributed by atoms with Crippen LogP contribution in [0.1, 0.15) is 5.56 Å². The molecule has 0 amide bonds. The van der Waals surface area contributed by atoms with Crippen molar-refractivity contribution in [2.24, 2.45) is 0 Å². The molecule has 5 rings (SSSR count). The van der Waals surface area contributed by atoms with E-state index in [2.05, 4.69) is 37.8 Å². The minimum atomic E-state index is 0.462. The van der Waals surface area contributed by atoms with Crippen LogP contribution in [0.3, 0.4) is 0 Å². The highest BCUT2D eigenvalue weighted by Crippen LogP contribution is 2.40. The summed E-state index contributed by atoms with van der Waals surface area (Å²) >= 11 is 0. The zero-order chi connectivity index (χ0) is 24.9. The number of ether oxygens (including phenoxy) is 3. The summed E-state index contributed by atoms with van der Waals surface area (Å²) < 4.78 is 18.3. The molecule has 2 heterocycles. The summed E-state index contributed by atoms with van der Waals surface area (Å²) in [5.74, 6) is 2.70. The van der Waals surface area contributed by atoms with Gasteiger partial charge < -0.3 is 24.8 Å². The molecular formula is C27H26N6O3. The van der Waals surface area contributed by atoms with E-state index in [0.29, 0.717) is 29.0 Å². The Labute approximate surface area is 208 Å². The number of nitrogens with zero attached hydrogens (tertiary/aromatic N) is 4. The Morgan fingerprint density at radius 3 is 2.31 bits per heavy atom. The summed E-state index contributed by atoms with van der Waals surface area (Å²) in [6.45, 7) is 0.717. The van der Waals surface area contributed by atoms with Crippen LogP contribution in [-0.4, -0.2) is 41.1 Å². The molecule has 9 nitrogen and oxygen atoms in total. The molecule has 0 aliphatic heterocycles. The molecule has 0 aliphatic carbocycles. The molecule has 0 saturated heterocycles. The quantitative estimate of drug-likeness (QED) is 0.289.